The lowest BCUT2D eigenvalue weighted by atomic mass is 10.1. The molecule has 3 amide bonds. The van der Waals surface area contributed by atoms with Crippen LogP contribution in [-0.4, -0.2) is 52.9 Å². The van der Waals surface area contributed by atoms with Crippen molar-refractivity contribution in [3.63, 3.8) is 0 Å². The number of rotatable bonds is 8. The number of benzene rings is 2. The number of hydrogen-bond donors (Lipinski definition) is 2. The smallest absolute Gasteiger partial charge is 0.253 e. The van der Waals surface area contributed by atoms with Crippen molar-refractivity contribution in [3.05, 3.63) is 80.9 Å². The van der Waals surface area contributed by atoms with E-state index in [0.717, 1.165) is 20.9 Å². The summed E-state index contributed by atoms with van der Waals surface area (Å²) >= 11 is 15.6. The zero-order chi connectivity index (χ0) is 25.1. The zero-order valence-corrected chi connectivity index (χ0v) is 21.8. The highest BCUT2D eigenvalue weighted by atomic mass is 79.9. The minimum atomic E-state index is -0.241. The molecule has 0 spiro atoms. The number of hydrogen-bond acceptors (Lipinski definition) is 3. The SMILES string of the molecule is C=CC(=O)N1CC(NC(=O)Cn2cc(C(=O)NCCc3ccc(Cl)cc3Cl)c3cc(Br)ccc32)C1. The van der Waals surface area contributed by atoms with Crippen LogP contribution in [0.2, 0.25) is 10.0 Å². The number of nitrogens with one attached hydrogen (secondary N) is 2. The van der Waals surface area contributed by atoms with Crippen molar-refractivity contribution in [2.45, 2.75) is 19.0 Å². The maximum absolute atomic E-state index is 13.0. The molecule has 0 radical (unpaired) electrons. The van der Waals surface area contributed by atoms with Crippen molar-refractivity contribution in [2.75, 3.05) is 19.6 Å². The molecule has 0 aliphatic carbocycles. The van der Waals surface area contributed by atoms with Crippen LogP contribution in [0.15, 0.2) is 59.7 Å². The first-order chi connectivity index (χ1) is 16.7. The van der Waals surface area contributed by atoms with E-state index in [1.165, 1.54) is 6.08 Å². The molecule has 1 aromatic heterocycles. The molecule has 2 N–H and O–H groups in total. The van der Waals surface area contributed by atoms with Gasteiger partial charge in [-0.3, -0.25) is 14.4 Å². The molecule has 1 aliphatic rings. The minimum Gasteiger partial charge on any atom is -0.352 e. The van der Waals surface area contributed by atoms with Gasteiger partial charge < -0.3 is 20.1 Å². The molecule has 3 aromatic rings. The second-order valence-electron chi connectivity index (χ2n) is 8.29. The number of carbonyl (C=O) groups excluding carboxylic acids is 3. The first kappa shape index (κ1) is 25.3. The van der Waals surface area contributed by atoms with Gasteiger partial charge in [0.1, 0.15) is 6.54 Å². The fourth-order valence-electron chi connectivity index (χ4n) is 4.02. The number of nitrogens with zero attached hydrogens (tertiary/aromatic N) is 2. The molecule has 1 saturated heterocycles. The van der Waals surface area contributed by atoms with Gasteiger partial charge in [0, 0.05) is 51.3 Å². The Kier molecular flexibility index (Phi) is 7.84. The zero-order valence-electron chi connectivity index (χ0n) is 18.7. The molecule has 0 unspecified atom stereocenters. The van der Waals surface area contributed by atoms with Crippen molar-refractivity contribution in [3.8, 4) is 0 Å². The van der Waals surface area contributed by atoms with E-state index >= 15 is 0 Å². The Morgan fingerprint density at radius 1 is 1.14 bits per heavy atom. The molecule has 7 nitrogen and oxygen atoms in total. The van der Waals surface area contributed by atoms with Crippen LogP contribution in [0.25, 0.3) is 10.9 Å². The van der Waals surface area contributed by atoms with Gasteiger partial charge in [0.2, 0.25) is 11.8 Å². The molecule has 0 bridgehead atoms. The fraction of sp³-hybridized carbons (Fsp3) is 0.240. The van der Waals surface area contributed by atoms with Gasteiger partial charge in [0.15, 0.2) is 0 Å². The van der Waals surface area contributed by atoms with Crippen molar-refractivity contribution in [1.82, 2.24) is 20.1 Å². The summed E-state index contributed by atoms with van der Waals surface area (Å²) in [6.45, 7) is 4.83. The van der Waals surface area contributed by atoms with Gasteiger partial charge in [0.05, 0.1) is 11.6 Å². The third-order valence-electron chi connectivity index (χ3n) is 5.83. The van der Waals surface area contributed by atoms with E-state index in [1.54, 1.807) is 27.8 Å². The second-order valence-corrected chi connectivity index (χ2v) is 10.0. The standard InChI is InChI=1S/C25H23BrCl2N4O3/c1-2-24(34)32-11-18(12-32)30-23(33)14-31-13-20(19-9-16(26)4-6-22(19)31)25(35)29-8-7-15-3-5-17(27)10-21(15)28/h2-6,9-10,13,18H,1,7-8,11-12,14H2,(H,29,35)(H,30,33). The maximum atomic E-state index is 13.0. The lowest BCUT2D eigenvalue weighted by Gasteiger charge is -2.38. The Morgan fingerprint density at radius 2 is 1.91 bits per heavy atom. The molecule has 1 fully saturated rings. The number of amides is 3. The van der Waals surface area contributed by atoms with Crippen LogP contribution in [0, 0.1) is 0 Å². The Balaban J connectivity index is 1.42. The van der Waals surface area contributed by atoms with Crippen molar-refractivity contribution in [1.29, 1.82) is 0 Å². The molecule has 2 aromatic carbocycles. The monoisotopic (exact) mass is 576 g/mol. The van der Waals surface area contributed by atoms with Crippen molar-refractivity contribution < 1.29 is 14.4 Å². The normalized spacial score (nSPS) is 13.4. The van der Waals surface area contributed by atoms with E-state index in [1.807, 2.05) is 24.3 Å². The number of likely N-dealkylation sites (tertiary alicyclic amines) is 1. The number of halogens is 3. The van der Waals surface area contributed by atoms with E-state index in [-0.39, 0.29) is 30.3 Å². The van der Waals surface area contributed by atoms with Crippen LogP contribution in [0.1, 0.15) is 15.9 Å². The van der Waals surface area contributed by atoms with Gasteiger partial charge in [-0.05, 0) is 48.4 Å². The Hall–Kier alpha value is -2.81. The van der Waals surface area contributed by atoms with Gasteiger partial charge in [-0.2, -0.15) is 0 Å². The minimum absolute atomic E-state index is 0.0533. The molecule has 4 rings (SSSR count). The van der Waals surface area contributed by atoms with Gasteiger partial charge in [-0.1, -0.05) is 51.8 Å². The highest BCUT2D eigenvalue weighted by Gasteiger charge is 2.30. The lowest BCUT2D eigenvalue weighted by Crippen LogP contribution is -2.61. The summed E-state index contributed by atoms with van der Waals surface area (Å²) in [6, 6.07) is 10.8. The highest BCUT2D eigenvalue weighted by molar-refractivity contribution is 9.10. The second kappa shape index (κ2) is 10.8. The predicted molar refractivity (Wildman–Crippen MR) is 141 cm³/mol. The molecule has 1 aliphatic heterocycles. The van der Waals surface area contributed by atoms with Crippen molar-refractivity contribution >= 4 is 67.8 Å². The molecule has 0 saturated carbocycles. The van der Waals surface area contributed by atoms with Crippen LogP contribution in [0.4, 0.5) is 0 Å². The Bertz CT molecular complexity index is 1320. The highest BCUT2D eigenvalue weighted by Crippen LogP contribution is 2.26. The average molecular weight is 578 g/mol. The first-order valence-corrected chi connectivity index (χ1v) is 12.5. The summed E-state index contributed by atoms with van der Waals surface area (Å²) in [6.07, 6.45) is 3.51. The first-order valence-electron chi connectivity index (χ1n) is 11.0. The van der Waals surface area contributed by atoms with Crippen LogP contribution in [0.5, 0.6) is 0 Å². The van der Waals surface area contributed by atoms with Crippen LogP contribution >= 0.6 is 39.1 Å². The Morgan fingerprint density at radius 3 is 2.63 bits per heavy atom. The van der Waals surface area contributed by atoms with E-state index in [0.29, 0.717) is 41.7 Å². The third-order valence-corrected chi connectivity index (χ3v) is 6.91. The Labute approximate surface area is 221 Å². The topological polar surface area (TPSA) is 83.4 Å². The summed E-state index contributed by atoms with van der Waals surface area (Å²) in [5, 5.41) is 7.72. The maximum Gasteiger partial charge on any atom is 0.253 e. The summed E-state index contributed by atoms with van der Waals surface area (Å²) < 4.78 is 2.59. The number of aromatic nitrogens is 1. The van der Waals surface area contributed by atoms with Gasteiger partial charge in [-0.15, -0.1) is 0 Å². The van der Waals surface area contributed by atoms with Crippen LogP contribution in [-0.2, 0) is 22.6 Å². The van der Waals surface area contributed by atoms with E-state index in [2.05, 4.69) is 33.1 Å². The molecule has 2 heterocycles. The quantitative estimate of drug-likeness (QED) is 0.394. The average Bonchev–Trinajstić information content (AvgIpc) is 3.14. The molecular formula is C25H23BrCl2N4O3. The van der Waals surface area contributed by atoms with Crippen molar-refractivity contribution in [2.24, 2.45) is 0 Å². The van der Waals surface area contributed by atoms with E-state index in [4.69, 9.17) is 23.2 Å². The summed E-state index contributed by atoms with van der Waals surface area (Å²) in [4.78, 5) is 38.9. The van der Waals surface area contributed by atoms with Gasteiger partial charge in [0.25, 0.3) is 5.91 Å². The molecule has 182 valence electrons. The summed E-state index contributed by atoms with van der Waals surface area (Å²) in [7, 11) is 0. The summed E-state index contributed by atoms with van der Waals surface area (Å²) in [5.41, 5.74) is 2.14. The molecule has 35 heavy (non-hydrogen) atoms. The molecule has 0 atom stereocenters. The molecular weight excluding hydrogens is 555 g/mol. The number of carbonyl (C=O) groups is 3. The largest absolute Gasteiger partial charge is 0.352 e. The van der Waals surface area contributed by atoms with E-state index < -0.39 is 0 Å². The third kappa shape index (κ3) is 5.89. The van der Waals surface area contributed by atoms with Gasteiger partial charge >= 0.3 is 0 Å². The van der Waals surface area contributed by atoms with Gasteiger partial charge in [-0.25, -0.2) is 0 Å². The predicted octanol–water partition coefficient (Wildman–Crippen LogP) is 4.20. The molecule has 10 heteroatoms. The lowest BCUT2D eigenvalue weighted by molar-refractivity contribution is -0.133. The van der Waals surface area contributed by atoms with Crippen LogP contribution in [0.3, 0.4) is 0 Å². The van der Waals surface area contributed by atoms with E-state index in [9.17, 15) is 14.4 Å². The number of fused-ring (bicyclic) bond motifs is 1. The van der Waals surface area contributed by atoms with Crippen LogP contribution < -0.4 is 10.6 Å². The summed E-state index contributed by atoms with van der Waals surface area (Å²) in [5.74, 6) is -0.578. The fourth-order valence-corrected chi connectivity index (χ4v) is 4.88.